The Balaban J connectivity index is 1.37. The van der Waals surface area contributed by atoms with E-state index in [0.29, 0.717) is 23.0 Å². The maximum atomic E-state index is 13.9. The SMILES string of the molecule is COc1cc2c(cc1/C=C1/SC(=Nc3ccccc3)N(CCc3c[nH]c4ccccc34)C1=O)C(C)=CC(C)(C)N2C. The summed E-state index contributed by atoms with van der Waals surface area (Å²) in [7, 11) is 3.79. The minimum Gasteiger partial charge on any atom is -0.496 e. The number of anilines is 1. The van der Waals surface area contributed by atoms with Crippen LogP contribution < -0.4 is 9.64 Å². The smallest absolute Gasteiger partial charge is 0.266 e. The molecule has 0 bridgehead atoms. The van der Waals surface area contributed by atoms with Crippen LogP contribution in [0.4, 0.5) is 11.4 Å². The third-order valence-electron chi connectivity index (χ3n) is 8.00. The first-order valence-corrected chi connectivity index (χ1v) is 14.6. The number of nitrogens with zero attached hydrogens (tertiary/aromatic N) is 3. The topological polar surface area (TPSA) is 60.9 Å². The van der Waals surface area contributed by atoms with E-state index in [9.17, 15) is 4.79 Å². The van der Waals surface area contributed by atoms with Gasteiger partial charge in [-0.2, -0.15) is 0 Å². The van der Waals surface area contributed by atoms with Crippen molar-refractivity contribution < 1.29 is 9.53 Å². The number of likely N-dealkylation sites (N-methyl/N-ethyl adjacent to an activating group) is 1. The third-order valence-corrected chi connectivity index (χ3v) is 9.01. The lowest BCUT2D eigenvalue weighted by Gasteiger charge is -2.41. The van der Waals surface area contributed by atoms with Crippen molar-refractivity contribution in [2.24, 2.45) is 4.99 Å². The Kier molecular flexibility index (Phi) is 6.99. The van der Waals surface area contributed by atoms with Crippen LogP contribution in [-0.4, -0.2) is 47.2 Å². The Hall–Kier alpha value is -4.23. The highest BCUT2D eigenvalue weighted by molar-refractivity contribution is 8.18. The molecule has 3 aromatic carbocycles. The van der Waals surface area contributed by atoms with Gasteiger partial charge in [0.2, 0.25) is 0 Å². The molecule has 0 spiro atoms. The van der Waals surface area contributed by atoms with Crippen molar-refractivity contribution in [3.63, 3.8) is 0 Å². The number of aromatic nitrogens is 1. The van der Waals surface area contributed by atoms with Crippen LogP contribution in [0.2, 0.25) is 0 Å². The van der Waals surface area contributed by atoms with Crippen molar-refractivity contribution in [3.05, 3.63) is 101 Å². The molecule has 0 radical (unpaired) electrons. The van der Waals surface area contributed by atoms with Gasteiger partial charge in [0.05, 0.1) is 23.2 Å². The molecular formula is C34H34N4O2S. The minimum absolute atomic E-state index is 0.0465. The summed E-state index contributed by atoms with van der Waals surface area (Å²) in [5, 5.41) is 1.86. The maximum Gasteiger partial charge on any atom is 0.266 e. The number of amides is 1. The number of aromatic amines is 1. The van der Waals surface area contributed by atoms with Crippen LogP contribution in [0.3, 0.4) is 0 Å². The van der Waals surface area contributed by atoms with Gasteiger partial charge >= 0.3 is 0 Å². The highest BCUT2D eigenvalue weighted by Gasteiger charge is 2.34. The number of ether oxygens (including phenoxy) is 1. The van der Waals surface area contributed by atoms with Gasteiger partial charge in [-0.05, 0) is 80.4 Å². The highest BCUT2D eigenvalue weighted by Crippen LogP contribution is 2.43. The van der Waals surface area contributed by atoms with Crippen molar-refractivity contribution in [1.82, 2.24) is 9.88 Å². The number of fused-ring (bicyclic) bond motifs is 2. The minimum atomic E-state index is -0.104. The van der Waals surface area contributed by atoms with Crippen molar-refractivity contribution in [2.75, 3.05) is 25.6 Å². The Morgan fingerprint density at radius 1 is 1.07 bits per heavy atom. The Morgan fingerprint density at radius 2 is 1.83 bits per heavy atom. The maximum absolute atomic E-state index is 13.9. The second-order valence-corrected chi connectivity index (χ2v) is 12.1. The molecule has 6 nitrogen and oxygen atoms in total. The summed E-state index contributed by atoms with van der Waals surface area (Å²) in [5.74, 6) is 0.690. The zero-order valence-electron chi connectivity index (χ0n) is 24.1. The standard InChI is InChI=1S/C34H34N4O2S/c1-22-20-34(2,3)37(4)29-19-30(40-5)24(17-27(22)29)18-31-32(39)38(33(41-31)36-25-11-7-6-8-12-25)16-15-23-21-35-28-14-10-9-13-26(23)28/h6-14,17-21,35H,15-16H2,1-5H3/b31-18+,36-33?. The molecule has 2 aliphatic heterocycles. The monoisotopic (exact) mass is 562 g/mol. The number of carbonyl (C=O) groups is 1. The van der Waals surface area contributed by atoms with Crippen molar-refractivity contribution >= 4 is 56.8 Å². The van der Waals surface area contributed by atoms with E-state index in [-0.39, 0.29) is 11.4 Å². The van der Waals surface area contributed by atoms with E-state index in [1.165, 1.54) is 28.3 Å². The van der Waals surface area contributed by atoms with Crippen molar-refractivity contribution in [1.29, 1.82) is 0 Å². The highest BCUT2D eigenvalue weighted by atomic mass is 32.2. The molecule has 208 valence electrons. The van der Waals surface area contributed by atoms with Gasteiger partial charge in [-0.3, -0.25) is 9.69 Å². The molecule has 2 aliphatic rings. The molecule has 1 fully saturated rings. The van der Waals surface area contributed by atoms with Crippen molar-refractivity contribution in [2.45, 2.75) is 32.7 Å². The summed E-state index contributed by atoms with van der Waals surface area (Å²) >= 11 is 1.41. The zero-order chi connectivity index (χ0) is 28.7. The van der Waals surface area contributed by atoms with Gasteiger partial charge in [0.25, 0.3) is 5.91 Å². The molecule has 4 aromatic rings. The normalized spacial score (nSPS) is 18.4. The number of hydrogen-bond acceptors (Lipinski definition) is 5. The summed E-state index contributed by atoms with van der Waals surface area (Å²) in [6.07, 6.45) is 6.98. The van der Waals surface area contributed by atoms with Crippen LogP contribution in [0, 0.1) is 0 Å². The molecule has 7 heteroatoms. The summed E-state index contributed by atoms with van der Waals surface area (Å²) < 4.78 is 5.84. The molecule has 1 amide bonds. The number of para-hydroxylation sites is 2. The number of amidine groups is 1. The third kappa shape index (κ3) is 5.06. The van der Waals surface area contributed by atoms with E-state index >= 15 is 0 Å². The fourth-order valence-corrected chi connectivity index (χ4v) is 6.61. The van der Waals surface area contributed by atoms with Crippen LogP contribution in [-0.2, 0) is 11.2 Å². The second kappa shape index (κ2) is 10.6. The van der Waals surface area contributed by atoms with E-state index in [2.05, 4.69) is 68.0 Å². The van der Waals surface area contributed by atoms with E-state index in [0.717, 1.165) is 33.8 Å². The van der Waals surface area contributed by atoms with E-state index < -0.39 is 0 Å². The van der Waals surface area contributed by atoms with Crippen LogP contribution in [0.5, 0.6) is 5.75 Å². The summed E-state index contributed by atoms with van der Waals surface area (Å²) in [4.78, 5) is 26.8. The van der Waals surface area contributed by atoms with Gasteiger partial charge in [0, 0.05) is 53.6 Å². The quantitative estimate of drug-likeness (QED) is 0.245. The average molecular weight is 563 g/mol. The van der Waals surface area contributed by atoms with Gasteiger partial charge in [0.1, 0.15) is 5.75 Å². The van der Waals surface area contributed by atoms with Gasteiger partial charge in [-0.15, -0.1) is 0 Å². The van der Waals surface area contributed by atoms with Crippen LogP contribution in [0.15, 0.2) is 88.9 Å². The Bertz CT molecular complexity index is 1730. The first-order chi connectivity index (χ1) is 19.7. The van der Waals surface area contributed by atoms with Crippen LogP contribution >= 0.6 is 11.8 Å². The van der Waals surface area contributed by atoms with E-state index in [4.69, 9.17) is 9.73 Å². The Morgan fingerprint density at radius 3 is 2.61 bits per heavy atom. The largest absolute Gasteiger partial charge is 0.496 e. The van der Waals surface area contributed by atoms with Crippen LogP contribution in [0.1, 0.15) is 37.5 Å². The zero-order valence-corrected chi connectivity index (χ0v) is 24.9. The van der Waals surface area contributed by atoms with Gasteiger partial charge in [0.15, 0.2) is 5.17 Å². The van der Waals surface area contributed by atoms with E-state index in [1.807, 2.05) is 54.7 Å². The predicted octanol–water partition coefficient (Wildman–Crippen LogP) is 7.65. The molecule has 0 unspecified atom stereocenters. The lowest BCUT2D eigenvalue weighted by molar-refractivity contribution is -0.122. The molecule has 1 aromatic heterocycles. The molecule has 3 heterocycles. The molecule has 6 rings (SSSR count). The number of thioether (sulfide) groups is 1. The molecular weight excluding hydrogens is 528 g/mol. The lowest BCUT2D eigenvalue weighted by atomic mass is 9.88. The molecule has 0 saturated carbocycles. The van der Waals surface area contributed by atoms with Gasteiger partial charge in [-0.1, -0.05) is 42.5 Å². The number of benzene rings is 3. The number of aliphatic imine (C=N–C) groups is 1. The molecule has 1 N–H and O–H groups in total. The number of allylic oxidation sites excluding steroid dienone is 1. The number of methoxy groups -OCH3 is 1. The van der Waals surface area contributed by atoms with Gasteiger partial charge in [-0.25, -0.2) is 4.99 Å². The summed E-state index contributed by atoms with van der Waals surface area (Å²) in [6, 6.07) is 22.3. The summed E-state index contributed by atoms with van der Waals surface area (Å²) in [5.41, 5.74) is 7.34. The number of hydrogen-bond donors (Lipinski definition) is 1. The first kappa shape index (κ1) is 27.0. The van der Waals surface area contributed by atoms with E-state index in [1.54, 1.807) is 12.0 Å². The number of rotatable bonds is 6. The second-order valence-electron chi connectivity index (χ2n) is 11.1. The van der Waals surface area contributed by atoms with Crippen LogP contribution in [0.25, 0.3) is 22.6 Å². The average Bonchev–Trinajstić information content (AvgIpc) is 3.51. The van der Waals surface area contributed by atoms with Gasteiger partial charge < -0.3 is 14.6 Å². The predicted molar refractivity (Wildman–Crippen MR) is 172 cm³/mol. The fourth-order valence-electron chi connectivity index (χ4n) is 5.60. The molecule has 1 saturated heterocycles. The Labute approximate surface area is 245 Å². The fraction of sp³-hybridized carbons (Fsp3) is 0.235. The molecule has 0 atom stereocenters. The lowest BCUT2D eigenvalue weighted by Crippen LogP contribution is -2.42. The van der Waals surface area contributed by atoms with Crippen molar-refractivity contribution in [3.8, 4) is 5.75 Å². The molecule has 41 heavy (non-hydrogen) atoms. The number of nitrogens with one attached hydrogen (secondary N) is 1. The summed E-state index contributed by atoms with van der Waals surface area (Å²) in [6.45, 7) is 7.07. The molecule has 0 aliphatic carbocycles. The number of carbonyl (C=O) groups excluding carboxylic acids is 1. The number of H-pyrrole nitrogens is 1. The first-order valence-electron chi connectivity index (χ1n) is 13.8.